The van der Waals surface area contributed by atoms with E-state index in [0.29, 0.717) is 12.2 Å². The third-order valence-corrected chi connectivity index (χ3v) is 1.58. The topological polar surface area (TPSA) is 0 Å². The molecule has 0 saturated heterocycles. The van der Waals surface area contributed by atoms with Crippen LogP contribution in [-0.4, -0.2) is 25.3 Å². The molecule has 7 heteroatoms. The van der Waals surface area contributed by atoms with Gasteiger partial charge in [0.2, 0.25) is 0 Å². The number of alkyl halides is 6. The number of halogens is 6. The number of allylic oxidation sites excluding steroid dienone is 4. The van der Waals surface area contributed by atoms with E-state index >= 15 is 0 Å². The van der Waals surface area contributed by atoms with Gasteiger partial charge in [-0.15, -0.1) is 0 Å². The van der Waals surface area contributed by atoms with Crippen molar-refractivity contribution in [2.75, 3.05) is 0 Å². The monoisotopic (exact) mass is 211 g/mol. The van der Waals surface area contributed by atoms with Gasteiger partial charge in [0.15, 0.2) is 0 Å². The van der Waals surface area contributed by atoms with Crippen LogP contribution in [0.25, 0.3) is 0 Å². The number of hydrogen-bond donors (Lipinski definition) is 0. The van der Waals surface area contributed by atoms with E-state index in [0.717, 1.165) is 0 Å². The molecule has 0 nitrogen and oxygen atoms in total. The van der Waals surface area contributed by atoms with E-state index in [1.54, 1.807) is 0 Å². The van der Waals surface area contributed by atoms with Crippen LogP contribution in [0.3, 0.4) is 0 Å². The molecular formula is C7H2BF6. The fraction of sp³-hybridized carbons (Fsp3) is 0.286. The molecule has 14 heavy (non-hydrogen) atoms. The van der Waals surface area contributed by atoms with Crippen molar-refractivity contribution in [2.24, 2.45) is 0 Å². The van der Waals surface area contributed by atoms with Gasteiger partial charge in [-0.2, -0.15) is 0 Å². The van der Waals surface area contributed by atoms with E-state index in [4.69, 9.17) is 7.49 Å². The van der Waals surface area contributed by atoms with Crippen LogP contribution in [0.4, 0.5) is 26.3 Å². The Hall–Kier alpha value is -1.01. The Kier molecular flexibility index (Phi) is 2.37. The number of rotatable bonds is 0. The molecule has 0 aromatic heterocycles. The average Bonchev–Trinajstić information content (AvgIpc) is 2.27. The molecule has 0 saturated carbocycles. The molecule has 0 spiro atoms. The Balaban J connectivity index is 3.29. The van der Waals surface area contributed by atoms with E-state index in [1.807, 2.05) is 0 Å². The minimum absolute atomic E-state index is 0.318. The van der Waals surface area contributed by atoms with Crippen molar-refractivity contribution in [2.45, 2.75) is 12.4 Å². The van der Waals surface area contributed by atoms with Crippen molar-refractivity contribution in [1.82, 2.24) is 0 Å². The van der Waals surface area contributed by atoms with Gasteiger partial charge in [-0.3, -0.25) is 0 Å². The zero-order valence-corrected chi connectivity index (χ0v) is 6.50. The first-order valence-corrected chi connectivity index (χ1v) is 3.33. The van der Waals surface area contributed by atoms with E-state index in [-0.39, 0.29) is 0 Å². The zero-order chi connectivity index (χ0) is 11.1. The van der Waals surface area contributed by atoms with Crippen LogP contribution in [0, 0.1) is 0 Å². The van der Waals surface area contributed by atoms with Crippen LogP contribution < -0.4 is 0 Å². The van der Waals surface area contributed by atoms with E-state index < -0.39 is 29.0 Å². The molecule has 0 aliphatic heterocycles. The quantitative estimate of drug-likeness (QED) is 0.426. The van der Waals surface area contributed by atoms with Gasteiger partial charge in [-0.25, -0.2) is 0 Å². The first-order chi connectivity index (χ1) is 6.14. The summed E-state index contributed by atoms with van der Waals surface area (Å²) < 4.78 is 72.4. The zero-order valence-electron chi connectivity index (χ0n) is 6.50. The molecule has 1 rings (SSSR count). The molecule has 0 heterocycles. The summed E-state index contributed by atoms with van der Waals surface area (Å²) >= 11 is 0. The predicted octanol–water partition coefficient (Wildman–Crippen LogP) is 2.32. The predicted molar refractivity (Wildman–Crippen MR) is 39.0 cm³/mol. The molecule has 0 bridgehead atoms. The molecule has 0 aromatic carbocycles. The van der Waals surface area contributed by atoms with Crippen LogP contribution in [0.2, 0.25) is 0 Å². The van der Waals surface area contributed by atoms with Crippen molar-refractivity contribution in [1.29, 1.82) is 0 Å². The van der Waals surface area contributed by atoms with E-state index in [1.165, 1.54) is 0 Å². The molecule has 1 aliphatic rings. The van der Waals surface area contributed by atoms with Crippen molar-refractivity contribution in [3.8, 4) is 0 Å². The molecular weight excluding hydrogens is 209 g/mol. The second-order valence-electron chi connectivity index (χ2n) is 2.57. The van der Waals surface area contributed by atoms with Gasteiger partial charge >= 0.3 is 74.9 Å². The summed E-state index contributed by atoms with van der Waals surface area (Å²) in [5, 5.41) is 0. The van der Waals surface area contributed by atoms with E-state index in [9.17, 15) is 26.3 Å². The maximum atomic E-state index is 12.1. The van der Waals surface area contributed by atoms with Crippen molar-refractivity contribution in [3.63, 3.8) is 0 Å². The van der Waals surface area contributed by atoms with Gasteiger partial charge in [-0.05, 0) is 0 Å². The van der Waals surface area contributed by atoms with Gasteiger partial charge in [0, 0.05) is 0 Å². The Morgan fingerprint density at radius 3 is 1.64 bits per heavy atom. The Morgan fingerprint density at radius 2 is 1.36 bits per heavy atom. The molecule has 1 radical (unpaired) electrons. The van der Waals surface area contributed by atoms with Gasteiger partial charge in [0.25, 0.3) is 0 Å². The van der Waals surface area contributed by atoms with E-state index in [2.05, 4.69) is 0 Å². The summed E-state index contributed by atoms with van der Waals surface area (Å²) in [7, 11) is 4.80. The molecule has 0 N–H and O–H groups in total. The van der Waals surface area contributed by atoms with Crippen molar-refractivity contribution < 1.29 is 26.3 Å². The second kappa shape index (κ2) is 3.00. The third-order valence-electron chi connectivity index (χ3n) is 1.58. The van der Waals surface area contributed by atoms with Crippen molar-refractivity contribution in [3.05, 3.63) is 23.3 Å². The summed E-state index contributed by atoms with van der Waals surface area (Å²) in [5.41, 5.74) is -4.47. The Morgan fingerprint density at radius 1 is 0.857 bits per heavy atom. The maximum absolute atomic E-state index is 12.1. The Labute approximate surface area is 76.0 Å². The Bertz CT molecular complexity index is 313. The summed E-state index contributed by atoms with van der Waals surface area (Å²) in [6.07, 6.45) is -9.22. The van der Waals surface area contributed by atoms with Gasteiger partial charge in [-0.1, -0.05) is 0 Å². The van der Waals surface area contributed by atoms with Crippen LogP contribution >= 0.6 is 0 Å². The molecule has 75 valence electrons. The molecule has 1 aliphatic carbocycles. The van der Waals surface area contributed by atoms with Crippen molar-refractivity contribution >= 4 is 13.0 Å². The van der Waals surface area contributed by atoms with Gasteiger partial charge < -0.3 is 0 Å². The summed E-state index contributed by atoms with van der Waals surface area (Å²) in [6.45, 7) is 0. The average molecular weight is 211 g/mol. The van der Waals surface area contributed by atoms with Crippen LogP contribution in [0.1, 0.15) is 0 Å². The molecule has 0 fully saturated rings. The standard InChI is InChI=1S/C7H2BF6/c8-4-2-1-3(6(9,10)11)5(4)7(12,13)14/h1-2H. The number of hydrogen-bond acceptors (Lipinski definition) is 0. The molecule has 0 amide bonds. The summed E-state index contributed by atoms with van der Waals surface area (Å²) in [4.78, 5) is 0. The SMILES string of the molecule is [B]=C1C=CC(C(F)(F)F)=C1C(F)(F)F. The fourth-order valence-electron chi connectivity index (χ4n) is 1.05. The fourth-order valence-corrected chi connectivity index (χ4v) is 1.05. The van der Waals surface area contributed by atoms with Gasteiger partial charge in [0.05, 0.1) is 0 Å². The first kappa shape index (κ1) is 11.1. The molecule has 0 atom stereocenters. The molecule has 0 aromatic rings. The summed E-state index contributed by atoms with van der Waals surface area (Å²) in [5.74, 6) is 0. The molecule has 0 unspecified atom stereocenters. The van der Waals surface area contributed by atoms with Crippen LogP contribution in [0.5, 0.6) is 0 Å². The van der Waals surface area contributed by atoms with Gasteiger partial charge in [0.1, 0.15) is 0 Å². The normalized spacial score (nSPS) is 18.2. The van der Waals surface area contributed by atoms with Crippen LogP contribution in [0.15, 0.2) is 23.3 Å². The minimum atomic E-state index is -5.08. The summed E-state index contributed by atoms with van der Waals surface area (Å²) in [6, 6.07) is 0. The third kappa shape index (κ3) is 1.91. The second-order valence-corrected chi connectivity index (χ2v) is 2.57. The van der Waals surface area contributed by atoms with Crippen LogP contribution in [-0.2, 0) is 0 Å². The first-order valence-electron chi connectivity index (χ1n) is 3.33.